The van der Waals surface area contributed by atoms with Gasteiger partial charge in [-0.1, -0.05) is 32.1 Å². The summed E-state index contributed by atoms with van der Waals surface area (Å²) >= 11 is 0. The lowest BCUT2D eigenvalue weighted by Gasteiger charge is -2.43. The van der Waals surface area contributed by atoms with Crippen LogP contribution in [0.3, 0.4) is 0 Å². The minimum atomic E-state index is -0.683. The zero-order valence-corrected chi connectivity index (χ0v) is 17.0. The van der Waals surface area contributed by atoms with E-state index in [4.69, 9.17) is 4.74 Å². The van der Waals surface area contributed by atoms with Crippen molar-refractivity contribution in [1.82, 2.24) is 0 Å². The van der Waals surface area contributed by atoms with E-state index in [1.807, 2.05) is 6.92 Å². The number of aliphatic hydroxyl groups is 1. The molecule has 7 atom stereocenters. The van der Waals surface area contributed by atoms with Gasteiger partial charge in [-0.3, -0.25) is 9.59 Å². The fraction of sp³-hybridized carbons (Fsp3) is 0.739. The van der Waals surface area contributed by atoms with Gasteiger partial charge in [-0.15, -0.1) is 0 Å². The second kappa shape index (κ2) is 9.25. The average Bonchev–Trinajstić information content (AvgIpc) is 2.64. The number of allylic oxidation sites excluding steroid dienone is 4. The number of carbonyl (C=O) groups is 2. The van der Waals surface area contributed by atoms with E-state index in [0.29, 0.717) is 36.5 Å². The van der Waals surface area contributed by atoms with Crippen LogP contribution in [0.1, 0.15) is 65.2 Å². The lowest BCUT2D eigenvalue weighted by atomic mass is 9.62. The van der Waals surface area contributed by atoms with Crippen molar-refractivity contribution < 1.29 is 24.5 Å². The molecular formula is C23H34O5. The molecule has 0 aromatic heterocycles. The molecule has 28 heavy (non-hydrogen) atoms. The molecule has 2 N–H and O–H groups in total. The molecule has 0 bridgehead atoms. The molecule has 5 nitrogen and oxygen atoms in total. The van der Waals surface area contributed by atoms with Crippen molar-refractivity contribution in [3.05, 3.63) is 23.8 Å². The first-order valence-corrected chi connectivity index (χ1v) is 10.9. The Balaban J connectivity index is 1.71. The van der Waals surface area contributed by atoms with Crippen molar-refractivity contribution in [2.45, 2.75) is 77.4 Å². The number of hydrogen-bond acceptors (Lipinski definition) is 4. The summed E-state index contributed by atoms with van der Waals surface area (Å²) in [5, 5.41) is 19.4. The predicted octanol–water partition coefficient (Wildman–Crippen LogP) is 4.11. The van der Waals surface area contributed by atoms with Crippen LogP contribution in [-0.4, -0.2) is 34.4 Å². The first-order chi connectivity index (χ1) is 13.4. The molecule has 5 heteroatoms. The third-order valence-electron chi connectivity index (χ3n) is 7.03. The molecule has 0 radical (unpaired) electrons. The SMILES string of the molecule is CCC(CC1CCC=C2C=CC(C)C(CCC3CC(O)CC(=O)O3)C21)C(=O)O. The Bertz CT molecular complexity index is 637. The van der Waals surface area contributed by atoms with Gasteiger partial charge >= 0.3 is 11.9 Å². The van der Waals surface area contributed by atoms with Crippen LogP contribution in [0.4, 0.5) is 0 Å². The predicted molar refractivity (Wildman–Crippen MR) is 106 cm³/mol. The Morgan fingerprint density at radius 1 is 1.36 bits per heavy atom. The summed E-state index contributed by atoms with van der Waals surface area (Å²) in [7, 11) is 0. The smallest absolute Gasteiger partial charge is 0.308 e. The number of ether oxygens (including phenoxy) is 1. The van der Waals surface area contributed by atoms with Crippen LogP contribution < -0.4 is 0 Å². The van der Waals surface area contributed by atoms with Gasteiger partial charge in [0.1, 0.15) is 6.10 Å². The molecule has 1 fully saturated rings. The summed E-state index contributed by atoms with van der Waals surface area (Å²) in [4.78, 5) is 23.2. The van der Waals surface area contributed by atoms with Crippen LogP contribution in [0.5, 0.6) is 0 Å². The van der Waals surface area contributed by atoms with Gasteiger partial charge in [-0.25, -0.2) is 0 Å². The van der Waals surface area contributed by atoms with E-state index in [1.165, 1.54) is 5.57 Å². The van der Waals surface area contributed by atoms with Crippen LogP contribution in [0.25, 0.3) is 0 Å². The largest absolute Gasteiger partial charge is 0.481 e. The van der Waals surface area contributed by atoms with Crippen LogP contribution in [0, 0.1) is 29.6 Å². The average molecular weight is 391 g/mol. The second-order valence-corrected chi connectivity index (χ2v) is 8.91. The molecule has 1 heterocycles. The highest BCUT2D eigenvalue weighted by Gasteiger charge is 2.40. The van der Waals surface area contributed by atoms with Gasteiger partial charge in [0.2, 0.25) is 0 Å². The highest BCUT2D eigenvalue weighted by Crippen LogP contribution is 2.47. The van der Waals surface area contributed by atoms with Crippen molar-refractivity contribution in [2.75, 3.05) is 0 Å². The van der Waals surface area contributed by atoms with Gasteiger partial charge in [-0.05, 0) is 67.8 Å². The molecule has 0 amide bonds. The lowest BCUT2D eigenvalue weighted by Crippen LogP contribution is -2.37. The molecule has 0 aromatic carbocycles. The van der Waals surface area contributed by atoms with Crippen molar-refractivity contribution in [1.29, 1.82) is 0 Å². The summed E-state index contributed by atoms with van der Waals surface area (Å²) in [5.41, 5.74) is 1.36. The summed E-state index contributed by atoms with van der Waals surface area (Å²) in [6, 6.07) is 0. The molecule has 0 aromatic rings. The highest BCUT2D eigenvalue weighted by molar-refractivity contribution is 5.71. The van der Waals surface area contributed by atoms with Crippen LogP contribution in [-0.2, 0) is 14.3 Å². The van der Waals surface area contributed by atoms with Crippen molar-refractivity contribution in [3.8, 4) is 0 Å². The number of cyclic esters (lactones) is 1. The Morgan fingerprint density at radius 2 is 2.14 bits per heavy atom. The zero-order chi connectivity index (χ0) is 20.3. The van der Waals surface area contributed by atoms with Crippen LogP contribution in [0.15, 0.2) is 23.8 Å². The molecule has 1 aliphatic heterocycles. The molecule has 2 aliphatic carbocycles. The summed E-state index contributed by atoms with van der Waals surface area (Å²) < 4.78 is 5.45. The van der Waals surface area contributed by atoms with Crippen molar-refractivity contribution >= 4 is 11.9 Å². The van der Waals surface area contributed by atoms with Gasteiger partial charge in [0.05, 0.1) is 18.4 Å². The molecule has 0 saturated carbocycles. The lowest BCUT2D eigenvalue weighted by molar-refractivity contribution is -0.160. The minimum Gasteiger partial charge on any atom is -0.481 e. The van der Waals surface area contributed by atoms with Gasteiger partial charge in [-0.2, -0.15) is 0 Å². The highest BCUT2D eigenvalue weighted by atomic mass is 16.5. The third kappa shape index (κ3) is 4.86. The van der Waals surface area contributed by atoms with E-state index in [9.17, 15) is 19.8 Å². The monoisotopic (exact) mass is 390 g/mol. The van der Waals surface area contributed by atoms with E-state index in [-0.39, 0.29) is 24.4 Å². The number of fused-ring (bicyclic) bond motifs is 1. The first kappa shape index (κ1) is 21.1. The second-order valence-electron chi connectivity index (χ2n) is 8.91. The molecule has 1 saturated heterocycles. The molecule has 0 spiro atoms. The fourth-order valence-electron chi connectivity index (χ4n) is 5.49. The summed E-state index contributed by atoms with van der Waals surface area (Å²) in [5.74, 6) is 0.342. The Hall–Kier alpha value is -1.62. The Morgan fingerprint density at radius 3 is 2.82 bits per heavy atom. The number of aliphatic carboxylic acids is 1. The van der Waals surface area contributed by atoms with Crippen molar-refractivity contribution in [3.63, 3.8) is 0 Å². The normalized spacial score (nSPS) is 36.2. The number of carboxylic acids is 1. The Labute approximate surface area is 167 Å². The van der Waals surface area contributed by atoms with Gasteiger partial charge in [0.15, 0.2) is 0 Å². The molecular weight excluding hydrogens is 356 g/mol. The van der Waals surface area contributed by atoms with Crippen LogP contribution >= 0.6 is 0 Å². The minimum absolute atomic E-state index is 0.101. The van der Waals surface area contributed by atoms with Gasteiger partial charge in [0, 0.05) is 6.42 Å². The number of esters is 1. The van der Waals surface area contributed by atoms with E-state index in [2.05, 4.69) is 25.2 Å². The molecule has 7 unspecified atom stereocenters. The summed E-state index contributed by atoms with van der Waals surface area (Å²) in [6.45, 7) is 4.20. The van der Waals surface area contributed by atoms with Crippen LogP contribution in [0.2, 0.25) is 0 Å². The fourth-order valence-corrected chi connectivity index (χ4v) is 5.49. The standard InChI is InChI=1S/C23H34O5/c1-3-15(23(26)27)11-17-6-4-5-16-8-7-14(2)20(22(16)17)10-9-19-12-18(24)13-21(25)28-19/h5,7-8,14-15,17-20,22,24H,3-4,6,9-13H2,1-2H3,(H,26,27). The van der Waals surface area contributed by atoms with E-state index >= 15 is 0 Å². The molecule has 3 rings (SSSR count). The zero-order valence-electron chi connectivity index (χ0n) is 17.0. The topological polar surface area (TPSA) is 83.8 Å². The van der Waals surface area contributed by atoms with E-state index in [1.54, 1.807) is 0 Å². The maximum absolute atomic E-state index is 11.6. The quantitative estimate of drug-likeness (QED) is 0.639. The molecule has 3 aliphatic rings. The maximum Gasteiger partial charge on any atom is 0.308 e. The van der Waals surface area contributed by atoms with Crippen molar-refractivity contribution in [2.24, 2.45) is 29.6 Å². The number of aliphatic hydroxyl groups excluding tert-OH is 1. The Kier molecular flexibility index (Phi) is 6.97. The van der Waals surface area contributed by atoms with Gasteiger partial charge < -0.3 is 14.9 Å². The number of hydrogen-bond donors (Lipinski definition) is 2. The third-order valence-corrected chi connectivity index (χ3v) is 7.03. The number of carbonyl (C=O) groups excluding carboxylic acids is 1. The maximum atomic E-state index is 11.6. The van der Waals surface area contributed by atoms with Gasteiger partial charge in [0.25, 0.3) is 0 Å². The van der Waals surface area contributed by atoms with E-state index < -0.39 is 12.1 Å². The summed E-state index contributed by atoms with van der Waals surface area (Å²) in [6.07, 6.45) is 11.8. The first-order valence-electron chi connectivity index (χ1n) is 10.9. The number of rotatable bonds is 7. The number of carboxylic acid groups (broad SMARTS) is 1. The molecule has 156 valence electrons. The van der Waals surface area contributed by atoms with E-state index in [0.717, 1.165) is 32.1 Å².